The monoisotopic (exact) mass is 272 g/mol. The smallest absolute Gasteiger partial charge is 0.228 e. The fraction of sp³-hybridized carbons (Fsp3) is 0.375. The number of amides is 1. The highest BCUT2D eigenvalue weighted by atomic mass is 16.4. The van der Waals surface area contributed by atoms with Crippen molar-refractivity contribution in [2.45, 2.75) is 39.0 Å². The number of anilines is 1. The van der Waals surface area contributed by atoms with Crippen molar-refractivity contribution >= 4 is 17.3 Å². The molecule has 4 nitrogen and oxygen atoms in total. The number of nitrogens with one attached hydrogen (secondary N) is 1. The van der Waals surface area contributed by atoms with Gasteiger partial charge in [0, 0.05) is 12.1 Å². The number of carbonyl (C=O) groups is 1. The molecule has 0 bridgehead atoms. The van der Waals surface area contributed by atoms with Crippen molar-refractivity contribution < 1.29 is 10.0 Å². The lowest BCUT2D eigenvalue weighted by atomic mass is 9.97. The number of allylic oxidation sites excluding steroid dienone is 1. The van der Waals surface area contributed by atoms with Crippen LogP contribution >= 0.6 is 0 Å². The summed E-state index contributed by atoms with van der Waals surface area (Å²) in [5.41, 5.74) is 3.39. The highest BCUT2D eigenvalue weighted by Gasteiger charge is 2.09. The second kappa shape index (κ2) is 6.89. The van der Waals surface area contributed by atoms with Crippen molar-refractivity contribution in [1.29, 1.82) is 0 Å². The Kier molecular flexibility index (Phi) is 4.93. The van der Waals surface area contributed by atoms with Crippen molar-refractivity contribution in [3.05, 3.63) is 41.5 Å². The third-order valence-corrected chi connectivity index (χ3v) is 3.51. The number of rotatable bonds is 4. The van der Waals surface area contributed by atoms with E-state index >= 15 is 0 Å². The first-order valence-electron chi connectivity index (χ1n) is 6.96. The van der Waals surface area contributed by atoms with E-state index < -0.39 is 0 Å². The first-order valence-corrected chi connectivity index (χ1v) is 6.96. The van der Waals surface area contributed by atoms with Crippen molar-refractivity contribution in [3.63, 3.8) is 0 Å². The maximum Gasteiger partial charge on any atom is 0.228 e. The number of hydrogen-bond donors (Lipinski definition) is 2. The van der Waals surface area contributed by atoms with Gasteiger partial charge >= 0.3 is 0 Å². The molecule has 0 fully saturated rings. The molecule has 4 heteroatoms. The highest BCUT2D eigenvalue weighted by molar-refractivity contribution is 5.99. The molecule has 0 aliphatic heterocycles. The predicted molar refractivity (Wildman–Crippen MR) is 80.2 cm³/mol. The fourth-order valence-electron chi connectivity index (χ4n) is 2.33. The molecule has 1 amide bonds. The Morgan fingerprint density at radius 1 is 1.30 bits per heavy atom. The van der Waals surface area contributed by atoms with Crippen LogP contribution in [0.25, 0.3) is 0 Å². The number of benzene rings is 1. The molecule has 0 aromatic heterocycles. The van der Waals surface area contributed by atoms with E-state index in [-0.39, 0.29) is 5.91 Å². The zero-order valence-corrected chi connectivity index (χ0v) is 11.7. The summed E-state index contributed by atoms with van der Waals surface area (Å²) in [6.45, 7) is 1.73. The lowest BCUT2D eigenvalue weighted by molar-refractivity contribution is -0.115. The maximum absolute atomic E-state index is 11.9. The molecule has 20 heavy (non-hydrogen) atoms. The lowest BCUT2D eigenvalue weighted by Crippen LogP contribution is -2.13. The quantitative estimate of drug-likeness (QED) is 0.380. The summed E-state index contributed by atoms with van der Waals surface area (Å²) in [5, 5.41) is 14.7. The molecule has 0 saturated heterocycles. The van der Waals surface area contributed by atoms with E-state index in [4.69, 9.17) is 5.21 Å². The van der Waals surface area contributed by atoms with Gasteiger partial charge in [-0.2, -0.15) is 0 Å². The molecule has 1 aromatic rings. The summed E-state index contributed by atoms with van der Waals surface area (Å²) in [4.78, 5) is 11.9. The molecule has 0 heterocycles. The molecule has 1 aliphatic carbocycles. The second-order valence-electron chi connectivity index (χ2n) is 5.10. The third kappa shape index (κ3) is 3.95. The molecule has 0 atom stereocenters. The lowest BCUT2D eigenvalue weighted by Gasteiger charge is -2.12. The van der Waals surface area contributed by atoms with Crippen LogP contribution in [0.1, 0.15) is 44.6 Å². The highest BCUT2D eigenvalue weighted by Crippen LogP contribution is 2.20. The van der Waals surface area contributed by atoms with Crippen LogP contribution in [-0.2, 0) is 4.79 Å². The Balaban J connectivity index is 1.92. The van der Waals surface area contributed by atoms with Crippen LogP contribution < -0.4 is 5.32 Å². The number of carbonyl (C=O) groups excluding carboxylic acids is 1. The summed E-state index contributed by atoms with van der Waals surface area (Å²) in [5.74, 6) is 0.0263. The van der Waals surface area contributed by atoms with Gasteiger partial charge in [-0.25, -0.2) is 0 Å². The topological polar surface area (TPSA) is 61.7 Å². The van der Waals surface area contributed by atoms with E-state index in [0.29, 0.717) is 12.1 Å². The van der Waals surface area contributed by atoms with Crippen LogP contribution in [0.5, 0.6) is 0 Å². The summed E-state index contributed by atoms with van der Waals surface area (Å²) in [6.07, 6.45) is 7.23. The van der Waals surface area contributed by atoms with Crippen molar-refractivity contribution in [1.82, 2.24) is 0 Å². The Labute approximate surface area is 119 Å². The van der Waals surface area contributed by atoms with Crippen LogP contribution in [-0.4, -0.2) is 16.8 Å². The fourth-order valence-corrected chi connectivity index (χ4v) is 2.33. The second-order valence-corrected chi connectivity index (χ2v) is 5.10. The zero-order valence-electron chi connectivity index (χ0n) is 11.7. The minimum atomic E-state index is 0.0263. The normalized spacial score (nSPS) is 15.7. The zero-order chi connectivity index (χ0) is 14.4. The summed E-state index contributed by atoms with van der Waals surface area (Å²) >= 11 is 0. The van der Waals surface area contributed by atoms with Crippen LogP contribution in [0.4, 0.5) is 5.69 Å². The SMILES string of the molecule is C/C(=N\O)c1ccc(NC(=O)CC2=CCCCC2)cc1. The largest absolute Gasteiger partial charge is 0.411 e. The average molecular weight is 272 g/mol. The van der Waals surface area contributed by atoms with Gasteiger partial charge in [0.2, 0.25) is 5.91 Å². The molecule has 106 valence electrons. The molecule has 1 aromatic carbocycles. The van der Waals surface area contributed by atoms with Crippen molar-refractivity contribution in [2.24, 2.45) is 5.16 Å². The van der Waals surface area contributed by atoms with Crippen LogP contribution in [0.15, 0.2) is 41.1 Å². The van der Waals surface area contributed by atoms with Gasteiger partial charge in [0.25, 0.3) is 0 Å². The van der Waals surface area contributed by atoms with Gasteiger partial charge in [0.15, 0.2) is 0 Å². The molecular weight excluding hydrogens is 252 g/mol. The minimum Gasteiger partial charge on any atom is -0.411 e. The van der Waals surface area contributed by atoms with Crippen molar-refractivity contribution in [2.75, 3.05) is 5.32 Å². The van der Waals surface area contributed by atoms with Gasteiger partial charge in [-0.05, 0) is 50.3 Å². The van der Waals surface area contributed by atoms with Gasteiger partial charge < -0.3 is 10.5 Å². The summed E-state index contributed by atoms with van der Waals surface area (Å²) in [6, 6.07) is 7.28. The van der Waals surface area contributed by atoms with Gasteiger partial charge in [-0.15, -0.1) is 0 Å². The minimum absolute atomic E-state index is 0.0263. The van der Waals surface area contributed by atoms with Crippen LogP contribution in [0, 0.1) is 0 Å². The van der Waals surface area contributed by atoms with Crippen molar-refractivity contribution in [3.8, 4) is 0 Å². The van der Waals surface area contributed by atoms with Crippen LogP contribution in [0.2, 0.25) is 0 Å². The predicted octanol–water partition coefficient (Wildman–Crippen LogP) is 3.71. The third-order valence-electron chi connectivity index (χ3n) is 3.51. The number of nitrogens with zero attached hydrogens (tertiary/aromatic N) is 1. The van der Waals surface area contributed by atoms with Crippen LogP contribution in [0.3, 0.4) is 0 Å². The molecular formula is C16H20N2O2. The van der Waals surface area contributed by atoms with Gasteiger partial charge in [-0.1, -0.05) is 28.9 Å². The molecule has 0 unspecified atom stereocenters. The first kappa shape index (κ1) is 14.3. The summed E-state index contributed by atoms with van der Waals surface area (Å²) < 4.78 is 0. The van der Waals surface area contributed by atoms with E-state index in [2.05, 4.69) is 16.5 Å². The molecule has 1 aliphatic rings. The van der Waals surface area contributed by atoms with Gasteiger partial charge in [0.1, 0.15) is 0 Å². The molecule has 0 radical (unpaired) electrons. The van der Waals surface area contributed by atoms with E-state index in [1.807, 2.05) is 24.3 Å². The maximum atomic E-state index is 11.9. The van der Waals surface area contributed by atoms with E-state index in [1.165, 1.54) is 18.4 Å². The number of oxime groups is 1. The number of hydrogen-bond acceptors (Lipinski definition) is 3. The average Bonchev–Trinajstić information content (AvgIpc) is 2.48. The van der Waals surface area contributed by atoms with Gasteiger partial charge in [0.05, 0.1) is 5.71 Å². The van der Waals surface area contributed by atoms with E-state index in [0.717, 1.165) is 24.1 Å². The Hall–Kier alpha value is -2.10. The Morgan fingerprint density at radius 2 is 2.05 bits per heavy atom. The summed E-state index contributed by atoms with van der Waals surface area (Å²) in [7, 11) is 0. The molecule has 0 saturated carbocycles. The Morgan fingerprint density at radius 3 is 2.65 bits per heavy atom. The molecule has 2 rings (SSSR count). The molecule has 2 N–H and O–H groups in total. The first-order chi connectivity index (χ1) is 9.69. The standard InChI is InChI=1S/C16H20N2O2/c1-12(18-20)14-7-9-15(10-8-14)17-16(19)11-13-5-3-2-4-6-13/h5,7-10,20H,2-4,6,11H2,1H3,(H,17,19)/b18-12+. The Bertz CT molecular complexity index is 530. The van der Waals surface area contributed by atoms with E-state index in [9.17, 15) is 4.79 Å². The van der Waals surface area contributed by atoms with E-state index in [1.54, 1.807) is 6.92 Å². The van der Waals surface area contributed by atoms with Gasteiger partial charge in [-0.3, -0.25) is 4.79 Å². The molecule has 0 spiro atoms.